The van der Waals surface area contributed by atoms with E-state index in [0.29, 0.717) is 11.2 Å². The summed E-state index contributed by atoms with van der Waals surface area (Å²) < 4.78 is 1.65. The van der Waals surface area contributed by atoms with Crippen LogP contribution in [0.1, 0.15) is 28.9 Å². The van der Waals surface area contributed by atoms with Gasteiger partial charge in [-0.25, -0.2) is 9.50 Å². The number of hydrogen-bond acceptors (Lipinski definition) is 3. The lowest BCUT2D eigenvalue weighted by atomic mass is 10.0. The van der Waals surface area contributed by atoms with Crippen LogP contribution < -0.4 is 5.73 Å². The molecule has 0 saturated carbocycles. The molecule has 0 unspecified atom stereocenters. The molecule has 2 aromatic rings. The van der Waals surface area contributed by atoms with E-state index in [-0.39, 0.29) is 0 Å². The van der Waals surface area contributed by atoms with Gasteiger partial charge >= 0.3 is 0 Å². The maximum atomic E-state index is 11.3. The van der Waals surface area contributed by atoms with E-state index in [1.54, 1.807) is 10.7 Å². The molecule has 1 aliphatic carbocycles. The topological polar surface area (TPSA) is 73.3 Å². The van der Waals surface area contributed by atoms with Gasteiger partial charge in [0.1, 0.15) is 5.56 Å². The first-order valence-corrected chi connectivity index (χ1v) is 5.77. The Kier molecular flexibility index (Phi) is 2.44. The highest BCUT2D eigenvalue weighted by atomic mass is 16.1. The molecular formula is C13H12N4O. The second kappa shape index (κ2) is 4.10. The molecule has 0 radical (unpaired) electrons. The van der Waals surface area contributed by atoms with Crippen molar-refractivity contribution >= 4 is 17.1 Å². The first kappa shape index (κ1) is 10.7. The smallest absolute Gasteiger partial charge is 0.254 e. The number of primary amides is 1. The molecule has 0 aromatic carbocycles. The molecule has 2 N–H and O–H groups in total. The van der Waals surface area contributed by atoms with Gasteiger partial charge in [0.15, 0.2) is 5.65 Å². The van der Waals surface area contributed by atoms with Crippen molar-refractivity contribution in [2.75, 3.05) is 0 Å². The maximum Gasteiger partial charge on any atom is 0.254 e. The molecule has 0 spiro atoms. The summed E-state index contributed by atoms with van der Waals surface area (Å²) in [7, 11) is 0. The van der Waals surface area contributed by atoms with Gasteiger partial charge < -0.3 is 5.73 Å². The van der Waals surface area contributed by atoms with Crippen LogP contribution in [-0.4, -0.2) is 20.5 Å². The molecule has 18 heavy (non-hydrogen) atoms. The van der Waals surface area contributed by atoms with E-state index in [0.717, 1.165) is 24.1 Å². The number of nitrogens with zero attached hydrogens (tertiary/aromatic N) is 3. The third-order valence-electron chi connectivity index (χ3n) is 2.96. The summed E-state index contributed by atoms with van der Waals surface area (Å²) in [5.74, 6) is -0.511. The lowest BCUT2D eigenvalue weighted by Gasteiger charge is -2.08. The predicted molar refractivity (Wildman–Crippen MR) is 67.9 cm³/mol. The molecular weight excluding hydrogens is 228 g/mol. The van der Waals surface area contributed by atoms with E-state index in [9.17, 15) is 4.79 Å². The van der Waals surface area contributed by atoms with E-state index in [1.807, 2.05) is 6.07 Å². The minimum Gasteiger partial charge on any atom is -0.365 e. The Hall–Kier alpha value is -2.43. The third kappa shape index (κ3) is 1.60. The largest absolute Gasteiger partial charge is 0.365 e. The van der Waals surface area contributed by atoms with Crippen LogP contribution in [0.5, 0.6) is 0 Å². The van der Waals surface area contributed by atoms with Gasteiger partial charge in [-0.2, -0.15) is 5.10 Å². The van der Waals surface area contributed by atoms with E-state index >= 15 is 0 Å². The molecule has 2 aromatic heterocycles. The highest BCUT2D eigenvalue weighted by molar-refractivity contribution is 5.98. The lowest BCUT2D eigenvalue weighted by Crippen LogP contribution is -2.11. The van der Waals surface area contributed by atoms with Crippen molar-refractivity contribution in [3.63, 3.8) is 0 Å². The van der Waals surface area contributed by atoms with Crippen molar-refractivity contribution in [1.29, 1.82) is 0 Å². The summed E-state index contributed by atoms with van der Waals surface area (Å²) in [6, 6.07) is 1.88. The van der Waals surface area contributed by atoms with Gasteiger partial charge in [0.05, 0.1) is 11.9 Å². The molecule has 0 fully saturated rings. The number of hydrogen-bond donors (Lipinski definition) is 1. The van der Waals surface area contributed by atoms with E-state index in [1.165, 1.54) is 6.20 Å². The van der Waals surface area contributed by atoms with Crippen LogP contribution in [0.25, 0.3) is 11.2 Å². The van der Waals surface area contributed by atoms with Gasteiger partial charge in [0.25, 0.3) is 5.91 Å². The second-order valence-corrected chi connectivity index (χ2v) is 4.13. The van der Waals surface area contributed by atoms with Gasteiger partial charge in [0.2, 0.25) is 0 Å². The van der Waals surface area contributed by atoms with Gasteiger partial charge in [-0.05, 0) is 24.5 Å². The Bertz CT molecular complexity index is 681. The van der Waals surface area contributed by atoms with Crippen LogP contribution in [0.4, 0.5) is 0 Å². The van der Waals surface area contributed by atoms with Crippen LogP contribution in [-0.2, 0) is 0 Å². The summed E-state index contributed by atoms with van der Waals surface area (Å²) in [6.07, 6.45) is 11.5. The standard InChI is InChI=1S/C13H12N4O/c14-12(18)10-8-16-17-11(6-7-15-13(10)17)9-4-2-1-3-5-9/h2,4-8H,1,3H2,(H2,14,18). The number of aromatic nitrogens is 3. The molecule has 0 atom stereocenters. The first-order valence-electron chi connectivity index (χ1n) is 5.77. The molecule has 90 valence electrons. The fourth-order valence-corrected chi connectivity index (χ4v) is 2.09. The number of fused-ring (bicyclic) bond motifs is 1. The SMILES string of the molecule is NC(=O)c1cnn2c(C3=CCCC=C3)ccnc12. The average Bonchev–Trinajstić information content (AvgIpc) is 2.83. The third-order valence-corrected chi connectivity index (χ3v) is 2.96. The molecule has 0 bridgehead atoms. The van der Waals surface area contributed by atoms with Crippen molar-refractivity contribution < 1.29 is 4.79 Å². The fourth-order valence-electron chi connectivity index (χ4n) is 2.09. The zero-order chi connectivity index (χ0) is 12.5. The van der Waals surface area contributed by atoms with Crippen molar-refractivity contribution in [2.45, 2.75) is 12.8 Å². The van der Waals surface area contributed by atoms with Crippen molar-refractivity contribution in [3.8, 4) is 0 Å². The maximum absolute atomic E-state index is 11.3. The number of amides is 1. The summed E-state index contributed by atoms with van der Waals surface area (Å²) in [5, 5.41) is 4.19. The molecule has 0 saturated heterocycles. The van der Waals surface area contributed by atoms with E-state index in [4.69, 9.17) is 5.73 Å². The Morgan fingerprint density at radius 3 is 3.00 bits per heavy atom. The minimum absolute atomic E-state index is 0.345. The van der Waals surface area contributed by atoms with Crippen LogP contribution in [0.3, 0.4) is 0 Å². The van der Waals surface area contributed by atoms with Crippen molar-refractivity contribution in [3.05, 3.63) is 47.9 Å². The number of nitrogens with two attached hydrogens (primary N) is 1. The number of carbonyl (C=O) groups excluding carboxylic acids is 1. The first-order chi connectivity index (χ1) is 8.77. The van der Waals surface area contributed by atoms with Crippen molar-refractivity contribution in [1.82, 2.24) is 14.6 Å². The van der Waals surface area contributed by atoms with E-state index in [2.05, 4.69) is 28.3 Å². The van der Waals surface area contributed by atoms with Crippen LogP contribution in [0.15, 0.2) is 36.7 Å². The quantitative estimate of drug-likeness (QED) is 0.865. The Balaban J connectivity index is 2.22. The number of rotatable bonds is 2. The number of allylic oxidation sites excluding steroid dienone is 4. The minimum atomic E-state index is -0.511. The summed E-state index contributed by atoms with van der Waals surface area (Å²) in [4.78, 5) is 15.4. The van der Waals surface area contributed by atoms with Crippen LogP contribution in [0.2, 0.25) is 0 Å². The van der Waals surface area contributed by atoms with Gasteiger partial charge in [-0.15, -0.1) is 0 Å². The zero-order valence-corrected chi connectivity index (χ0v) is 9.71. The van der Waals surface area contributed by atoms with E-state index < -0.39 is 5.91 Å². The van der Waals surface area contributed by atoms with Gasteiger partial charge in [-0.3, -0.25) is 4.79 Å². The monoisotopic (exact) mass is 240 g/mol. The molecule has 0 aliphatic heterocycles. The molecule has 5 heteroatoms. The second-order valence-electron chi connectivity index (χ2n) is 4.13. The highest BCUT2D eigenvalue weighted by Gasteiger charge is 2.14. The summed E-state index contributed by atoms with van der Waals surface area (Å²) in [6.45, 7) is 0. The Morgan fingerprint density at radius 2 is 2.28 bits per heavy atom. The van der Waals surface area contributed by atoms with Gasteiger partial charge in [-0.1, -0.05) is 18.2 Å². The fraction of sp³-hybridized carbons (Fsp3) is 0.154. The lowest BCUT2D eigenvalue weighted by molar-refractivity contribution is 0.100. The Morgan fingerprint density at radius 1 is 1.39 bits per heavy atom. The zero-order valence-electron chi connectivity index (χ0n) is 9.71. The van der Waals surface area contributed by atoms with Gasteiger partial charge in [0, 0.05) is 6.20 Å². The molecule has 1 aliphatic rings. The molecule has 2 heterocycles. The summed E-state index contributed by atoms with van der Waals surface area (Å²) >= 11 is 0. The highest BCUT2D eigenvalue weighted by Crippen LogP contribution is 2.22. The molecule has 3 rings (SSSR count). The number of carbonyl (C=O) groups is 1. The predicted octanol–water partition coefficient (Wildman–Crippen LogP) is 1.56. The average molecular weight is 240 g/mol. The Labute approximate surface area is 104 Å². The van der Waals surface area contributed by atoms with Crippen molar-refractivity contribution in [2.24, 2.45) is 5.73 Å². The normalized spacial score (nSPS) is 14.8. The summed E-state index contributed by atoms with van der Waals surface area (Å²) in [5.41, 5.74) is 8.15. The van der Waals surface area contributed by atoms with Crippen LogP contribution in [0, 0.1) is 0 Å². The molecule has 1 amide bonds. The molecule has 5 nitrogen and oxygen atoms in total. The van der Waals surface area contributed by atoms with Crippen LogP contribution >= 0.6 is 0 Å².